The summed E-state index contributed by atoms with van der Waals surface area (Å²) >= 11 is 1.49. The molecule has 0 saturated carbocycles. The number of carbonyl (C=O) groups excluding carboxylic acids is 3. The average Bonchev–Trinajstić information content (AvgIpc) is 3.48. The monoisotopic (exact) mass is 611 g/mol. The minimum absolute atomic E-state index is 0.0633. The predicted molar refractivity (Wildman–Crippen MR) is 166 cm³/mol. The summed E-state index contributed by atoms with van der Waals surface area (Å²) in [5, 5.41) is 18.4. The van der Waals surface area contributed by atoms with Crippen molar-refractivity contribution in [1.82, 2.24) is 15.5 Å². The lowest BCUT2D eigenvalue weighted by Gasteiger charge is -2.25. The molecule has 0 aliphatic heterocycles. The van der Waals surface area contributed by atoms with E-state index in [0.717, 1.165) is 35.9 Å². The fraction of sp³-hybridized carbons (Fsp3) is 0.364. The molecule has 10 heteroatoms. The zero-order chi connectivity index (χ0) is 31.4. The quantitative estimate of drug-likeness (QED) is 0.197. The van der Waals surface area contributed by atoms with Crippen molar-refractivity contribution in [2.45, 2.75) is 58.6 Å². The Bertz CT molecular complexity index is 1380. The maximum atomic E-state index is 13.9. The number of nitrogens with one attached hydrogen (secondary N) is 2. The Hall–Kier alpha value is -3.89. The summed E-state index contributed by atoms with van der Waals surface area (Å²) in [7, 11) is 0. The zero-order valence-corrected chi connectivity index (χ0v) is 25.6. The number of benzene rings is 2. The van der Waals surface area contributed by atoms with Crippen molar-refractivity contribution in [3.63, 3.8) is 0 Å². The number of rotatable bonds is 15. The number of aliphatic hydroxyl groups excluding tert-OH is 1. The van der Waals surface area contributed by atoms with Crippen molar-refractivity contribution in [2.24, 2.45) is 0 Å². The van der Waals surface area contributed by atoms with E-state index in [4.69, 9.17) is 0 Å². The van der Waals surface area contributed by atoms with E-state index in [1.807, 2.05) is 31.4 Å². The third-order valence-electron chi connectivity index (χ3n) is 6.70. The second-order valence-electron chi connectivity index (χ2n) is 10.4. The van der Waals surface area contributed by atoms with Crippen molar-refractivity contribution >= 4 is 35.1 Å². The lowest BCUT2D eigenvalue weighted by Crippen LogP contribution is -2.46. The normalized spacial score (nSPS) is 12.6. The molecule has 0 saturated heterocycles. The lowest BCUT2D eigenvalue weighted by atomic mass is 9.97. The zero-order valence-electron chi connectivity index (χ0n) is 24.7. The number of aliphatic hydroxyl groups is 1. The standard InChI is InChI=1S/C33H39F2N3O4S/c1-4-12-38(13-5-2)33(42)25-16-22(3)15-24(20-25)32(41)37-29(19-23-17-26(34)21-27(35)18-23)30(39)10-11-36-31(40)9-8-28-7-6-14-43-28/h6-9,14-18,20-21,29-30,39H,4-5,10-13,19H2,1-3H3,(H,36,40)(H,37,41). The molecule has 3 amide bonds. The molecule has 0 spiro atoms. The maximum Gasteiger partial charge on any atom is 0.253 e. The van der Waals surface area contributed by atoms with Gasteiger partial charge in [-0.3, -0.25) is 14.4 Å². The first kappa shape index (κ1) is 33.6. The maximum absolute atomic E-state index is 13.9. The van der Waals surface area contributed by atoms with E-state index >= 15 is 0 Å². The van der Waals surface area contributed by atoms with Gasteiger partial charge in [0.1, 0.15) is 11.6 Å². The van der Waals surface area contributed by atoms with Gasteiger partial charge in [-0.2, -0.15) is 0 Å². The van der Waals surface area contributed by atoms with Gasteiger partial charge in [-0.25, -0.2) is 8.78 Å². The Morgan fingerprint density at radius 2 is 1.67 bits per heavy atom. The van der Waals surface area contributed by atoms with Crippen LogP contribution in [0.1, 0.15) is 69.8 Å². The molecule has 0 radical (unpaired) electrons. The fourth-order valence-corrected chi connectivity index (χ4v) is 5.36. The summed E-state index contributed by atoms with van der Waals surface area (Å²) in [5.41, 5.74) is 1.58. The van der Waals surface area contributed by atoms with Gasteiger partial charge in [0.15, 0.2) is 0 Å². The highest BCUT2D eigenvalue weighted by Crippen LogP contribution is 2.17. The first-order valence-electron chi connectivity index (χ1n) is 14.4. The smallest absolute Gasteiger partial charge is 0.253 e. The van der Waals surface area contributed by atoms with Crippen LogP contribution in [0.2, 0.25) is 0 Å². The Morgan fingerprint density at radius 3 is 2.30 bits per heavy atom. The van der Waals surface area contributed by atoms with E-state index in [1.165, 1.54) is 23.5 Å². The van der Waals surface area contributed by atoms with Gasteiger partial charge in [-0.1, -0.05) is 19.9 Å². The number of aryl methyl sites for hydroxylation is 1. The molecule has 43 heavy (non-hydrogen) atoms. The van der Waals surface area contributed by atoms with Crippen LogP contribution in [-0.4, -0.2) is 59.5 Å². The average molecular weight is 612 g/mol. The molecule has 0 bridgehead atoms. The minimum atomic E-state index is -1.16. The third kappa shape index (κ3) is 10.7. The van der Waals surface area contributed by atoms with Crippen LogP contribution < -0.4 is 10.6 Å². The minimum Gasteiger partial charge on any atom is -0.391 e. The largest absolute Gasteiger partial charge is 0.391 e. The molecule has 0 fully saturated rings. The molecule has 7 nitrogen and oxygen atoms in total. The van der Waals surface area contributed by atoms with Gasteiger partial charge in [-0.15, -0.1) is 11.3 Å². The predicted octanol–water partition coefficient (Wildman–Crippen LogP) is 5.52. The SMILES string of the molecule is CCCN(CCC)C(=O)c1cc(C)cc(C(=O)NC(Cc2cc(F)cc(F)c2)C(O)CCNC(=O)C=Cc2cccs2)c1. The fourth-order valence-electron chi connectivity index (χ4n) is 4.74. The van der Waals surface area contributed by atoms with Crippen molar-refractivity contribution in [2.75, 3.05) is 19.6 Å². The molecular weight excluding hydrogens is 572 g/mol. The molecule has 1 heterocycles. The Labute approximate surface area is 255 Å². The van der Waals surface area contributed by atoms with Crippen LogP contribution in [-0.2, 0) is 11.2 Å². The van der Waals surface area contributed by atoms with Crippen molar-refractivity contribution < 1.29 is 28.3 Å². The van der Waals surface area contributed by atoms with E-state index in [2.05, 4.69) is 10.6 Å². The number of amides is 3. The summed E-state index contributed by atoms with van der Waals surface area (Å²) in [4.78, 5) is 41.5. The molecule has 3 rings (SSSR count). The highest BCUT2D eigenvalue weighted by molar-refractivity contribution is 7.10. The van der Waals surface area contributed by atoms with Crippen LogP contribution in [0.25, 0.3) is 6.08 Å². The molecule has 0 aliphatic carbocycles. The number of hydrogen-bond donors (Lipinski definition) is 3. The summed E-state index contributed by atoms with van der Waals surface area (Å²) in [5.74, 6) is -2.60. The molecule has 2 unspecified atom stereocenters. The van der Waals surface area contributed by atoms with E-state index < -0.39 is 29.7 Å². The summed E-state index contributed by atoms with van der Waals surface area (Å²) in [6.45, 7) is 7.08. The molecule has 3 N–H and O–H groups in total. The van der Waals surface area contributed by atoms with Crippen LogP contribution in [0.5, 0.6) is 0 Å². The highest BCUT2D eigenvalue weighted by atomic mass is 32.1. The summed E-state index contributed by atoms with van der Waals surface area (Å²) in [6, 6.07) is 10.7. The second-order valence-corrected chi connectivity index (χ2v) is 11.4. The molecule has 0 aliphatic rings. The number of carbonyl (C=O) groups is 3. The van der Waals surface area contributed by atoms with Crippen LogP contribution >= 0.6 is 11.3 Å². The number of thiophene rings is 1. The molecular formula is C33H39F2N3O4S. The van der Waals surface area contributed by atoms with Crippen molar-refractivity contribution in [1.29, 1.82) is 0 Å². The second kappa shape index (κ2) is 16.7. The first-order chi connectivity index (χ1) is 20.6. The Balaban J connectivity index is 1.76. The van der Waals surface area contributed by atoms with E-state index in [-0.39, 0.29) is 42.3 Å². The topological polar surface area (TPSA) is 98.7 Å². The van der Waals surface area contributed by atoms with Crippen molar-refractivity contribution in [3.8, 4) is 0 Å². The first-order valence-corrected chi connectivity index (χ1v) is 15.3. The Morgan fingerprint density at radius 1 is 1.00 bits per heavy atom. The highest BCUT2D eigenvalue weighted by Gasteiger charge is 2.24. The molecule has 230 valence electrons. The van der Waals surface area contributed by atoms with E-state index in [9.17, 15) is 28.3 Å². The van der Waals surface area contributed by atoms with Gasteiger partial charge in [0.05, 0.1) is 12.1 Å². The summed E-state index contributed by atoms with van der Waals surface area (Å²) in [6.07, 6.45) is 3.53. The van der Waals surface area contributed by atoms with E-state index in [1.54, 1.807) is 30.0 Å². The van der Waals surface area contributed by atoms with Crippen LogP contribution in [0.15, 0.2) is 60.0 Å². The van der Waals surface area contributed by atoms with Crippen LogP contribution in [0.3, 0.4) is 0 Å². The number of nitrogens with zero attached hydrogens (tertiary/aromatic N) is 1. The summed E-state index contributed by atoms with van der Waals surface area (Å²) < 4.78 is 27.9. The van der Waals surface area contributed by atoms with Crippen LogP contribution in [0.4, 0.5) is 8.78 Å². The molecule has 1 aromatic heterocycles. The van der Waals surface area contributed by atoms with Gasteiger partial charge in [-0.05, 0) is 91.6 Å². The van der Waals surface area contributed by atoms with Gasteiger partial charge >= 0.3 is 0 Å². The molecule has 3 aromatic rings. The molecule has 2 aromatic carbocycles. The Kier molecular flexibility index (Phi) is 13.0. The van der Waals surface area contributed by atoms with Crippen molar-refractivity contribution in [3.05, 3.63) is 98.8 Å². The van der Waals surface area contributed by atoms with Gasteiger partial charge < -0.3 is 20.6 Å². The third-order valence-corrected chi connectivity index (χ3v) is 7.54. The van der Waals surface area contributed by atoms with Crippen LogP contribution in [0, 0.1) is 18.6 Å². The van der Waals surface area contributed by atoms with Gasteiger partial charge in [0.25, 0.3) is 11.8 Å². The number of hydrogen-bond acceptors (Lipinski definition) is 5. The molecule has 2 atom stereocenters. The van der Waals surface area contributed by atoms with Gasteiger partial charge in [0, 0.05) is 47.8 Å². The van der Waals surface area contributed by atoms with Gasteiger partial charge in [0.2, 0.25) is 5.91 Å². The number of halogens is 2. The van der Waals surface area contributed by atoms with E-state index in [0.29, 0.717) is 24.2 Å². The lowest BCUT2D eigenvalue weighted by molar-refractivity contribution is -0.116.